The molecule has 1 amide bonds. The van der Waals surface area contributed by atoms with Crippen LogP contribution < -0.4 is 5.32 Å². The van der Waals surface area contributed by atoms with Crippen LogP contribution in [0, 0.1) is 17.3 Å². The Morgan fingerprint density at radius 2 is 1.81 bits per heavy atom. The summed E-state index contributed by atoms with van der Waals surface area (Å²) >= 11 is 0. The number of nitrogens with one attached hydrogen (secondary N) is 1. The van der Waals surface area contributed by atoms with E-state index in [9.17, 15) is 4.79 Å². The Balaban J connectivity index is 4.42. The van der Waals surface area contributed by atoms with E-state index in [0.29, 0.717) is 0 Å². The number of carbonyl (C=O) groups excluding carboxylic acids is 1. The van der Waals surface area contributed by atoms with E-state index in [1.807, 2.05) is 34.6 Å². The van der Waals surface area contributed by atoms with Crippen molar-refractivity contribution in [3.05, 3.63) is 0 Å². The van der Waals surface area contributed by atoms with E-state index in [2.05, 4.69) is 5.32 Å². The second kappa shape index (κ2) is 6.21. The van der Waals surface area contributed by atoms with E-state index >= 15 is 0 Å². The van der Waals surface area contributed by atoms with Crippen LogP contribution in [-0.4, -0.2) is 35.4 Å². The number of aliphatic hydroxyl groups is 2. The number of hydrogen-bond donors (Lipinski definition) is 3. The van der Waals surface area contributed by atoms with Crippen LogP contribution in [0.15, 0.2) is 0 Å². The molecule has 96 valence electrons. The van der Waals surface area contributed by atoms with Gasteiger partial charge in [-0.05, 0) is 11.3 Å². The molecule has 0 aromatic rings. The van der Waals surface area contributed by atoms with Gasteiger partial charge in [0.25, 0.3) is 0 Å². The largest absolute Gasteiger partial charge is 0.394 e. The molecule has 0 aromatic carbocycles. The Bertz CT molecular complexity index is 221. The third-order valence-electron chi connectivity index (χ3n) is 2.60. The highest BCUT2D eigenvalue weighted by molar-refractivity contribution is 5.79. The lowest BCUT2D eigenvalue weighted by Gasteiger charge is -2.32. The fourth-order valence-corrected chi connectivity index (χ4v) is 2.09. The lowest BCUT2D eigenvalue weighted by atomic mass is 9.74. The van der Waals surface area contributed by atoms with E-state index in [0.717, 1.165) is 0 Å². The predicted octanol–water partition coefficient (Wildman–Crippen LogP) is 0.774. The van der Waals surface area contributed by atoms with Crippen molar-refractivity contribution in [1.82, 2.24) is 5.32 Å². The van der Waals surface area contributed by atoms with Crippen LogP contribution >= 0.6 is 0 Å². The highest BCUT2D eigenvalue weighted by Gasteiger charge is 2.33. The van der Waals surface area contributed by atoms with Gasteiger partial charge in [-0.25, -0.2) is 0 Å². The van der Waals surface area contributed by atoms with Gasteiger partial charge in [0.05, 0.1) is 12.7 Å². The summed E-state index contributed by atoms with van der Waals surface area (Å²) in [5.74, 6) is 0.0830. The van der Waals surface area contributed by atoms with Crippen LogP contribution in [-0.2, 0) is 4.79 Å². The first-order chi connectivity index (χ1) is 7.20. The molecule has 0 spiro atoms. The van der Waals surface area contributed by atoms with Crippen LogP contribution in [0.3, 0.4) is 0 Å². The molecule has 3 N–H and O–H groups in total. The molecule has 0 bridgehead atoms. The minimum atomic E-state index is -0.878. The first kappa shape index (κ1) is 15.4. The van der Waals surface area contributed by atoms with Gasteiger partial charge < -0.3 is 15.5 Å². The number of amides is 1. The Hall–Kier alpha value is -0.610. The van der Waals surface area contributed by atoms with Gasteiger partial charge in [0.15, 0.2) is 0 Å². The van der Waals surface area contributed by atoms with Gasteiger partial charge in [-0.1, -0.05) is 34.6 Å². The van der Waals surface area contributed by atoms with E-state index in [-0.39, 0.29) is 36.3 Å². The van der Waals surface area contributed by atoms with Gasteiger partial charge in [-0.15, -0.1) is 0 Å². The molecule has 16 heavy (non-hydrogen) atoms. The zero-order valence-corrected chi connectivity index (χ0v) is 10.9. The van der Waals surface area contributed by atoms with Crippen molar-refractivity contribution in [2.24, 2.45) is 17.3 Å². The van der Waals surface area contributed by atoms with Crippen LogP contribution in [0.1, 0.15) is 34.6 Å². The summed E-state index contributed by atoms with van der Waals surface area (Å²) in [6, 6.07) is 0. The molecule has 0 saturated carbocycles. The Morgan fingerprint density at radius 1 is 1.31 bits per heavy atom. The summed E-state index contributed by atoms with van der Waals surface area (Å²) < 4.78 is 0. The van der Waals surface area contributed by atoms with E-state index in [1.54, 1.807) is 0 Å². The summed E-state index contributed by atoms with van der Waals surface area (Å²) in [6.45, 7) is 9.88. The van der Waals surface area contributed by atoms with Crippen LogP contribution in [0.5, 0.6) is 0 Å². The summed E-state index contributed by atoms with van der Waals surface area (Å²) in [6.07, 6.45) is -0.878. The number of rotatable bonds is 5. The summed E-state index contributed by atoms with van der Waals surface area (Å²) in [4.78, 5) is 11.9. The van der Waals surface area contributed by atoms with Crippen molar-refractivity contribution in [1.29, 1.82) is 0 Å². The van der Waals surface area contributed by atoms with E-state index < -0.39 is 6.10 Å². The smallest absolute Gasteiger partial charge is 0.223 e. The standard InChI is InChI=1S/C12H25NO3/c1-8(2)10(12(3,4)5)11(16)13-6-9(15)7-14/h8-10,14-15H,6-7H2,1-5H3,(H,13,16). The molecule has 0 heterocycles. The minimum absolute atomic E-state index is 0.0602. The predicted molar refractivity (Wildman–Crippen MR) is 63.9 cm³/mol. The maximum Gasteiger partial charge on any atom is 0.223 e. The highest BCUT2D eigenvalue weighted by Crippen LogP contribution is 2.32. The SMILES string of the molecule is CC(C)C(C(=O)NCC(O)CO)C(C)(C)C. The molecule has 0 aliphatic rings. The average Bonchev–Trinajstić information content (AvgIpc) is 2.11. The molecule has 0 aromatic heterocycles. The maximum absolute atomic E-state index is 11.9. The Labute approximate surface area is 98.1 Å². The molecule has 0 fully saturated rings. The summed E-state index contributed by atoms with van der Waals surface area (Å²) in [5, 5.41) is 20.5. The molecule has 0 aliphatic carbocycles. The second-order valence-electron chi connectivity index (χ2n) is 5.67. The number of aliphatic hydroxyl groups excluding tert-OH is 2. The normalized spacial score (nSPS) is 16.0. The fraction of sp³-hybridized carbons (Fsp3) is 0.917. The fourth-order valence-electron chi connectivity index (χ4n) is 2.09. The van der Waals surface area contributed by atoms with Crippen molar-refractivity contribution in [3.8, 4) is 0 Å². The lowest BCUT2D eigenvalue weighted by Crippen LogP contribution is -2.44. The van der Waals surface area contributed by atoms with Gasteiger partial charge in [0.1, 0.15) is 0 Å². The summed E-state index contributed by atoms with van der Waals surface area (Å²) in [7, 11) is 0. The van der Waals surface area contributed by atoms with Gasteiger partial charge >= 0.3 is 0 Å². The van der Waals surface area contributed by atoms with Gasteiger partial charge in [-0.2, -0.15) is 0 Å². The Kier molecular flexibility index (Phi) is 5.97. The zero-order chi connectivity index (χ0) is 12.9. The monoisotopic (exact) mass is 231 g/mol. The molecular weight excluding hydrogens is 206 g/mol. The van der Waals surface area contributed by atoms with Gasteiger partial charge in [0, 0.05) is 12.5 Å². The zero-order valence-electron chi connectivity index (χ0n) is 10.9. The maximum atomic E-state index is 11.9. The Morgan fingerprint density at radius 3 is 2.12 bits per heavy atom. The van der Waals surface area contributed by atoms with Crippen molar-refractivity contribution < 1.29 is 15.0 Å². The van der Waals surface area contributed by atoms with Crippen molar-refractivity contribution in [2.45, 2.75) is 40.7 Å². The molecule has 4 nitrogen and oxygen atoms in total. The van der Waals surface area contributed by atoms with Crippen molar-refractivity contribution in [2.75, 3.05) is 13.2 Å². The van der Waals surface area contributed by atoms with Gasteiger partial charge in [0.2, 0.25) is 5.91 Å². The molecule has 2 unspecified atom stereocenters. The third kappa shape index (κ3) is 4.94. The van der Waals surface area contributed by atoms with E-state index in [4.69, 9.17) is 10.2 Å². The molecule has 4 heteroatoms. The number of carbonyl (C=O) groups is 1. The van der Waals surface area contributed by atoms with Crippen molar-refractivity contribution >= 4 is 5.91 Å². The van der Waals surface area contributed by atoms with Gasteiger partial charge in [-0.3, -0.25) is 4.79 Å². The van der Waals surface area contributed by atoms with Crippen molar-refractivity contribution in [3.63, 3.8) is 0 Å². The topological polar surface area (TPSA) is 69.6 Å². The second-order valence-corrected chi connectivity index (χ2v) is 5.67. The minimum Gasteiger partial charge on any atom is -0.394 e. The average molecular weight is 231 g/mol. The first-order valence-corrected chi connectivity index (χ1v) is 5.76. The van der Waals surface area contributed by atoms with Crippen LogP contribution in [0.4, 0.5) is 0 Å². The molecular formula is C12H25NO3. The third-order valence-corrected chi connectivity index (χ3v) is 2.60. The van der Waals surface area contributed by atoms with Crippen LogP contribution in [0.2, 0.25) is 0 Å². The molecule has 2 atom stereocenters. The molecule has 0 radical (unpaired) electrons. The quantitative estimate of drug-likeness (QED) is 0.654. The van der Waals surface area contributed by atoms with E-state index in [1.165, 1.54) is 0 Å². The van der Waals surface area contributed by atoms with Crippen LogP contribution in [0.25, 0.3) is 0 Å². The highest BCUT2D eigenvalue weighted by atomic mass is 16.3. The lowest BCUT2D eigenvalue weighted by molar-refractivity contribution is -0.130. The summed E-state index contributed by atoms with van der Waals surface area (Å²) in [5.41, 5.74) is -0.109. The molecule has 0 aliphatic heterocycles. The number of hydrogen-bond acceptors (Lipinski definition) is 3. The first-order valence-electron chi connectivity index (χ1n) is 5.76. The molecule has 0 rings (SSSR count). The molecule has 0 saturated heterocycles.